The van der Waals surface area contributed by atoms with Crippen molar-refractivity contribution >= 4 is 11.9 Å². The van der Waals surface area contributed by atoms with E-state index in [2.05, 4.69) is 43.5 Å². The van der Waals surface area contributed by atoms with Gasteiger partial charge in [0.05, 0.1) is 25.4 Å². The third kappa shape index (κ3) is 45.6. The van der Waals surface area contributed by atoms with E-state index in [0.29, 0.717) is 19.4 Å². The summed E-state index contributed by atoms with van der Waals surface area (Å²) in [6.45, 7) is 4.81. The van der Waals surface area contributed by atoms with Gasteiger partial charge < -0.3 is 20.3 Å². The zero-order chi connectivity index (χ0) is 43.7. The summed E-state index contributed by atoms with van der Waals surface area (Å²) in [6, 6.07) is -0.633. The maximum Gasteiger partial charge on any atom is 0.305 e. The maximum atomic E-state index is 12.4. The fourth-order valence-corrected chi connectivity index (χ4v) is 7.85. The molecule has 0 saturated carbocycles. The molecule has 0 aliphatic rings. The van der Waals surface area contributed by atoms with Gasteiger partial charge in [0.25, 0.3) is 0 Å². The van der Waals surface area contributed by atoms with Crippen LogP contribution >= 0.6 is 0 Å². The number of amides is 1. The average molecular weight is 844 g/mol. The number of esters is 1. The van der Waals surface area contributed by atoms with Gasteiger partial charge in [-0.25, -0.2) is 0 Å². The van der Waals surface area contributed by atoms with Crippen molar-refractivity contribution in [2.24, 2.45) is 0 Å². The van der Waals surface area contributed by atoms with Crippen LogP contribution in [0.15, 0.2) is 36.5 Å². The average Bonchev–Trinajstić information content (AvgIpc) is 3.25. The molecule has 0 aliphatic carbocycles. The Bertz CT molecular complexity index is 977. The van der Waals surface area contributed by atoms with Gasteiger partial charge >= 0.3 is 5.97 Å². The lowest BCUT2D eigenvalue weighted by Crippen LogP contribution is -2.45. The molecule has 0 aromatic heterocycles. The van der Waals surface area contributed by atoms with Gasteiger partial charge in [0.1, 0.15) is 0 Å². The summed E-state index contributed by atoms with van der Waals surface area (Å²) in [5.74, 6) is -0.0895. The van der Waals surface area contributed by atoms with Crippen LogP contribution in [-0.4, -0.2) is 47.4 Å². The molecule has 0 radical (unpaired) electrons. The number of unbranched alkanes of at least 4 members (excludes halogenated alkanes) is 33. The standard InChI is InChI=1S/C54H101NO5/c1-3-5-7-9-11-13-15-17-23-26-30-34-38-42-46-52(57)51(50-56)55-53(58)47-43-39-35-31-27-24-20-18-19-21-25-29-33-37-41-45-49-60-54(59)48-44-40-36-32-28-22-16-14-12-10-8-6-4-2/h8,10,14,16,42,46,51-52,56-57H,3-7,9,11-13,15,17-41,43-45,47-50H2,1-2H3,(H,55,58)/b10-8-,16-14-,46-42+. The SMILES string of the molecule is CCC/C=C\C/C=C\CCCCCCCC(=O)OCCCCCCCCCCCCCCCCCCC(=O)NC(CO)C(O)/C=C/CCCCCCCCCCCCCC. The highest BCUT2D eigenvalue weighted by Crippen LogP contribution is 2.16. The lowest BCUT2D eigenvalue weighted by Gasteiger charge is -2.20. The third-order valence-corrected chi connectivity index (χ3v) is 11.9. The summed E-state index contributed by atoms with van der Waals surface area (Å²) in [4.78, 5) is 24.4. The van der Waals surface area contributed by atoms with Crippen LogP contribution in [-0.2, 0) is 14.3 Å². The van der Waals surface area contributed by atoms with Crippen LogP contribution in [0, 0.1) is 0 Å². The summed E-state index contributed by atoms with van der Waals surface area (Å²) in [5, 5.41) is 23.0. The Kier molecular flexibility index (Phi) is 48.1. The Hall–Kier alpha value is -1.92. The van der Waals surface area contributed by atoms with Crippen LogP contribution in [0.5, 0.6) is 0 Å². The molecule has 0 fully saturated rings. The zero-order valence-corrected chi connectivity index (χ0v) is 39.9. The minimum Gasteiger partial charge on any atom is -0.466 e. The number of aliphatic hydroxyl groups is 2. The Morgan fingerprint density at radius 3 is 1.33 bits per heavy atom. The van der Waals surface area contributed by atoms with Crippen LogP contribution in [0.3, 0.4) is 0 Å². The number of ether oxygens (including phenoxy) is 1. The molecule has 1 amide bonds. The molecule has 0 bridgehead atoms. The molecule has 0 spiro atoms. The normalized spacial score (nSPS) is 12.9. The summed E-state index contributed by atoms with van der Waals surface area (Å²) in [6.07, 6.45) is 60.0. The van der Waals surface area contributed by atoms with Crippen LogP contribution in [0.1, 0.15) is 271 Å². The first-order valence-electron chi connectivity index (χ1n) is 26.3. The molecule has 6 heteroatoms. The summed E-state index contributed by atoms with van der Waals surface area (Å²) in [7, 11) is 0. The summed E-state index contributed by atoms with van der Waals surface area (Å²) < 4.78 is 5.45. The van der Waals surface area contributed by atoms with E-state index in [-0.39, 0.29) is 18.5 Å². The van der Waals surface area contributed by atoms with Gasteiger partial charge in [-0.15, -0.1) is 0 Å². The van der Waals surface area contributed by atoms with Gasteiger partial charge in [0, 0.05) is 12.8 Å². The van der Waals surface area contributed by atoms with Crippen molar-refractivity contribution in [3.05, 3.63) is 36.5 Å². The largest absolute Gasteiger partial charge is 0.466 e. The second-order valence-corrected chi connectivity index (χ2v) is 17.9. The van der Waals surface area contributed by atoms with E-state index in [1.807, 2.05) is 6.08 Å². The second-order valence-electron chi connectivity index (χ2n) is 17.9. The Morgan fingerprint density at radius 2 is 0.867 bits per heavy atom. The number of hydrogen-bond donors (Lipinski definition) is 3. The number of hydrogen-bond acceptors (Lipinski definition) is 5. The molecule has 352 valence electrons. The topological polar surface area (TPSA) is 95.9 Å². The summed E-state index contributed by atoms with van der Waals surface area (Å²) >= 11 is 0. The van der Waals surface area contributed by atoms with Gasteiger partial charge in [0.2, 0.25) is 5.91 Å². The molecule has 2 unspecified atom stereocenters. The van der Waals surface area contributed by atoms with Crippen LogP contribution in [0.4, 0.5) is 0 Å². The molecular weight excluding hydrogens is 743 g/mol. The number of allylic oxidation sites excluding steroid dienone is 5. The highest BCUT2D eigenvalue weighted by molar-refractivity contribution is 5.76. The van der Waals surface area contributed by atoms with Crippen molar-refractivity contribution in [2.45, 2.75) is 283 Å². The second kappa shape index (κ2) is 49.7. The van der Waals surface area contributed by atoms with Crippen LogP contribution in [0.25, 0.3) is 0 Å². The van der Waals surface area contributed by atoms with Crippen LogP contribution < -0.4 is 5.32 Å². The fourth-order valence-electron chi connectivity index (χ4n) is 7.85. The fraction of sp³-hybridized carbons (Fsp3) is 0.852. The number of carbonyl (C=O) groups excluding carboxylic acids is 2. The van der Waals surface area contributed by atoms with Gasteiger partial charge in [-0.2, -0.15) is 0 Å². The van der Waals surface area contributed by atoms with E-state index in [1.165, 1.54) is 186 Å². The van der Waals surface area contributed by atoms with E-state index in [4.69, 9.17) is 4.74 Å². The van der Waals surface area contributed by atoms with E-state index in [0.717, 1.165) is 57.8 Å². The number of rotatable bonds is 48. The molecule has 0 aliphatic heterocycles. The van der Waals surface area contributed by atoms with Crippen molar-refractivity contribution in [3.63, 3.8) is 0 Å². The Morgan fingerprint density at radius 1 is 0.467 bits per heavy atom. The zero-order valence-electron chi connectivity index (χ0n) is 39.9. The first-order valence-corrected chi connectivity index (χ1v) is 26.3. The van der Waals surface area contributed by atoms with Crippen molar-refractivity contribution in [1.82, 2.24) is 5.32 Å². The summed E-state index contributed by atoms with van der Waals surface area (Å²) in [5.41, 5.74) is 0. The highest BCUT2D eigenvalue weighted by atomic mass is 16.5. The molecule has 3 N–H and O–H groups in total. The molecule has 6 nitrogen and oxygen atoms in total. The number of carbonyl (C=O) groups is 2. The van der Waals surface area contributed by atoms with E-state index in [9.17, 15) is 19.8 Å². The van der Waals surface area contributed by atoms with Gasteiger partial charge in [-0.05, 0) is 57.8 Å². The molecule has 2 atom stereocenters. The molecule has 0 saturated heterocycles. The lowest BCUT2D eigenvalue weighted by atomic mass is 10.0. The monoisotopic (exact) mass is 844 g/mol. The van der Waals surface area contributed by atoms with E-state index in [1.54, 1.807) is 6.08 Å². The number of nitrogens with one attached hydrogen (secondary N) is 1. The molecule has 0 aromatic carbocycles. The Balaban J connectivity index is 3.47. The van der Waals surface area contributed by atoms with Crippen molar-refractivity contribution in [2.75, 3.05) is 13.2 Å². The first-order chi connectivity index (χ1) is 29.5. The van der Waals surface area contributed by atoms with Crippen molar-refractivity contribution in [1.29, 1.82) is 0 Å². The predicted molar refractivity (Wildman–Crippen MR) is 259 cm³/mol. The number of aliphatic hydroxyl groups excluding tert-OH is 2. The quantitative estimate of drug-likeness (QED) is 0.0322. The predicted octanol–water partition coefficient (Wildman–Crippen LogP) is 15.7. The van der Waals surface area contributed by atoms with Gasteiger partial charge in [0.15, 0.2) is 0 Å². The third-order valence-electron chi connectivity index (χ3n) is 11.9. The Labute approximate surface area is 373 Å². The van der Waals surface area contributed by atoms with E-state index < -0.39 is 12.1 Å². The minimum atomic E-state index is -0.849. The first kappa shape index (κ1) is 58.1. The maximum absolute atomic E-state index is 12.4. The lowest BCUT2D eigenvalue weighted by molar-refractivity contribution is -0.143. The highest BCUT2D eigenvalue weighted by Gasteiger charge is 2.18. The molecule has 0 heterocycles. The van der Waals surface area contributed by atoms with Gasteiger partial charge in [-0.1, -0.05) is 237 Å². The molecule has 0 rings (SSSR count). The van der Waals surface area contributed by atoms with E-state index >= 15 is 0 Å². The van der Waals surface area contributed by atoms with Gasteiger partial charge in [-0.3, -0.25) is 9.59 Å². The van der Waals surface area contributed by atoms with Crippen molar-refractivity contribution < 1.29 is 24.5 Å². The molecule has 60 heavy (non-hydrogen) atoms. The van der Waals surface area contributed by atoms with Crippen molar-refractivity contribution in [3.8, 4) is 0 Å². The molecular formula is C54H101NO5. The minimum absolute atomic E-state index is 0.0137. The smallest absolute Gasteiger partial charge is 0.305 e. The van der Waals surface area contributed by atoms with Crippen LogP contribution in [0.2, 0.25) is 0 Å². The molecule has 0 aromatic rings.